The molecule has 1 aromatic rings. The second-order valence-electron chi connectivity index (χ2n) is 3.55. The normalized spacial score (nSPS) is 10.9. The van der Waals surface area contributed by atoms with Crippen LogP contribution in [0.4, 0.5) is 0 Å². The lowest BCUT2D eigenvalue weighted by atomic mass is 10.1. The number of aliphatic carboxylic acids is 1. The van der Waals surface area contributed by atoms with Crippen LogP contribution in [-0.4, -0.2) is 26.4 Å². The van der Waals surface area contributed by atoms with Gasteiger partial charge in [-0.05, 0) is 12.8 Å². The molecule has 0 aliphatic heterocycles. The van der Waals surface area contributed by atoms with Gasteiger partial charge in [0.25, 0.3) is 0 Å². The maximum absolute atomic E-state index is 10.5. The van der Waals surface area contributed by atoms with Crippen molar-refractivity contribution in [2.45, 2.75) is 38.4 Å². The summed E-state index contributed by atoms with van der Waals surface area (Å²) in [4.78, 5) is 14.7. The molecule has 1 aromatic heterocycles. The Kier molecular flexibility index (Phi) is 4.20. The van der Waals surface area contributed by atoms with Crippen LogP contribution in [0.2, 0.25) is 0 Å². The van der Waals surface area contributed by atoms with E-state index in [0.717, 1.165) is 17.4 Å². The van der Waals surface area contributed by atoms with Crippen LogP contribution >= 0.6 is 11.8 Å². The first-order valence-corrected chi connectivity index (χ1v) is 5.94. The second kappa shape index (κ2) is 5.21. The van der Waals surface area contributed by atoms with Crippen LogP contribution in [0, 0.1) is 0 Å². The molecular formula is C10H16N2O2S. The third-order valence-electron chi connectivity index (χ3n) is 2.08. The first-order valence-electron chi connectivity index (χ1n) is 4.96. The summed E-state index contributed by atoms with van der Waals surface area (Å²) in [7, 11) is 0. The minimum Gasteiger partial charge on any atom is -0.481 e. The number of nitrogens with zero attached hydrogens (tertiary/aromatic N) is 2. The Hall–Kier alpha value is -0.970. The van der Waals surface area contributed by atoms with Gasteiger partial charge in [-0.1, -0.05) is 25.6 Å². The molecule has 0 amide bonds. The van der Waals surface area contributed by atoms with Crippen LogP contribution in [0.5, 0.6) is 0 Å². The number of rotatable bonds is 5. The zero-order valence-corrected chi connectivity index (χ0v) is 10.0. The molecular weight excluding hydrogens is 212 g/mol. The van der Waals surface area contributed by atoms with Gasteiger partial charge in [0.15, 0.2) is 5.16 Å². The van der Waals surface area contributed by atoms with Crippen molar-refractivity contribution in [3.8, 4) is 0 Å². The number of hydrogen-bond acceptors (Lipinski definition) is 3. The SMILES string of the molecule is CCn1c(C(C)C)cnc1SCC(=O)O. The van der Waals surface area contributed by atoms with Gasteiger partial charge in [0.05, 0.1) is 5.75 Å². The number of carbonyl (C=O) groups is 1. The van der Waals surface area contributed by atoms with E-state index < -0.39 is 5.97 Å². The third kappa shape index (κ3) is 2.99. The highest BCUT2D eigenvalue weighted by molar-refractivity contribution is 7.99. The van der Waals surface area contributed by atoms with Crippen LogP contribution in [0.1, 0.15) is 32.4 Å². The molecule has 15 heavy (non-hydrogen) atoms. The number of hydrogen-bond donors (Lipinski definition) is 1. The summed E-state index contributed by atoms with van der Waals surface area (Å²) in [5.41, 5.74) is 1.16. The largest absolute Gasteiger partial charge is 0.481 e. The molecule has 0 aliphatic carbocycles. The standard InChI is InChI=1S/C10H16N2O2S/c1-4-12-8(7(2)3)5-11-10(12)15-6-9(13)14/h5,7H,4,6H2,1-3H3,(H,13,14). The zero-order valence-electron chi connectivity index (χ0n) is 9.23. The molecule has 1 rings (SSSR count). The molecule has 0 aromatic carbocycles. The van der Waals surface area contributed by atoms with Crippen molar-refractivity contribution in [3.63, 3.8) is 0 Å². The molecule has 0 bridgehead atoms. The Morgan fingerprint density at radius 2 is 2.33 bits per heavy atom. The molecule has 0 aliphatic rings. The first-order chi connectivity index (χ1) is 7.06. The minimum atomic E-state index is -0.809. The highest BCUT2D eigenvalue weighted by Crippen LogP contribution is 2.22. The smallest absolute Gasteiger partial charge is 0.313 e. The van der Waals surface area contributed by atoms with E-state index in [2.05, 4.69) is 23.4 Å². The Morgan fingerprint density at radius 3 is 2.80 bits per heavy atom. The number of carboxylic acids is 1. The zero-order chi connectivity index (χ0) is 11.4. The van der Waals surface area contributed by atoms with Crippen molar-refractivity contribution in [1.29, 1.82) is 0 Å². The van der Waals surface area contributed by atoms with E-state index in [1.807, 2.05) is 13.1 Å². The molecule has 1 N–H and O–H groups in total. The maximum atomic E-state index is 10.5. The molecule has 0 spiro atoms. The summed E-state index contributed by atoms with van der Waals surface area (Å²) in [6.45, 7) is 7.08. The monoisotopic (exact) mass is 228 g/mol. The average molecular weight is 228 g/mol. The first kappa shape index (κ1) is 12.1. The summed E-state index contributed by atoms with van der Waals surface area (Å²) in [6, 6.07) is 0. The van der Waals surface area contributed by atoms with Crippen molar-refractivity contribution < 1.29 is 9.90 Å². The van der Waals surface area contributed by atoms with Gasteiger partial charge in [0.1, 0.15) is 0 Å². The van der Waals surface area contributed by atoms with E-state index in [1.165, 1.54) is 11.8 Å². The molecule has 4 nitrogen and oxygen atoms in total. The molecule has 0 saturated heterocycles. The van der Waals surface area contributed by atoms with Crippen LogP contribution in [0.25, 0.3) is 0 Å². The highest BCUT2D eigenvalue weighted by atomic mass is 32.2. The van der Waals surface area contributed by atoms with Gasteiger partial charge >= 0.3 is 5.97 Å². The van der Waals surface area contributed by atoms with Crippen molar-refractivity contribution in [2.75, 3.05) is 5.75 Å². The van der Waals surface area contributed by atoms with Crippen molar-refractivity contribution in [2.24, 2.45) is 0 Å². The fraction of sp³-hybridized carbons (Fsp3) is 0.600. The number of carboxylic acid groups (broad SMARTS) is 1. The summed E-state index contributed by atoms with van der Waals surface area (Å²) in [5.74, 6) is -0.331. The molecule has 84 valence electrons. The summed E-state index contributed by atoms with van der Waals surface area (Å²) in [6.07, 6.45) is 1.83. The molecule has 0 atom stereocenters. The number of imidazole rings is 1. The Bertz CT molecular complexity index is 347. The Labute approximate surface area is 93.7 Å². The molecule has 1 heterocycles. The predicted octanol–water partition coefficient (Wildman–Crippen LogP) is 2.20. The van der Waals surface area contributed by atoms with Crippen LogP contribution < -0.4 is 0 Å². The van der Waals surface area contributed by atoms with Gasteiger partial charge in [0.2, 0.25) is 0 Å². The number of aromatic nitrogens is 2. The van der Waals surface area contributed by atoms with Gasteiger partial charge in [-0.3, -0.25) is 4.79 Å². The fourth-order valence-corrected chi connectivity index (χ4v) is 2.16. The third-order valence-corrected chi connectivity index (χ3v) is 3.06. The predicted molar refractivity (Wildman–Crippen MR) is 60.3 cm³/mol. The topological polar surface area (TPSA) is 55.1 Å². The molecule has 0 radical (unpaired) electrons. The van der Waals surface area contributed by atoms with Gasteiger partial charge in [-0.25, -0.2) is 4.98 Å². The van der Waals surface area contributed by atoms with Gasteiger partial charge in [0, 0.05) is 18.4 Å². The lowest BCUT2D eigenvalue weighted by Crippen LogP contribution is -2.05. The van der Waals surface area contributed by atoms with E-state index in [9.17, 15) is 4.79 Å². The van der Waals surface area contributed by atoms with Gasteiger partial charge in [-0.2, -0.15) is 0 Å². The summed E-state index contributed by atoms with van der Waals surface area (Å²) >= 11 is 1.27. The molecule has 0 unspecified atom stereocenters. The van der Waals surface area contributed by atoms with Crippen molar-refractivity contribution in [1.82, 2.24) is 9.55 Å². The van der Waals surface area contributed by atoms with E-state index in [0.29, 0.717) is 5.92 Å². The van der Waals surface area contributed by atoms with Crippen LogP contribution in [0.15, 0.2) is 11.4 Å². The lowest BCUT2D eigenvalue weighted by Gasteiger charge is -2.10. The van der Waals surface area contributed by atoms with Gasteiger partial charge < -0.3 is 9.67 Å². The summed E-state index contributed by atoms with van der Waals surface area (Å²) in [5, 5.41) is 9.39. The van der Waals surface area contributed by atoms with E-state index in [-0.39, 0.29) is 5.75 Å². The van der Waals surface area contributed by atoms with Gasteiger partial charge in [-0.15, -0.1) is 0 Å². The minimum absolute atomic E-state index is 0.0640. The van der Waals surface area contributed by atoms with Crippen molar-refractivity contribution >= 4 is 17.7 Å². The van der Waals surface area contributed by atoms with Crippen LogP contribution in [0.3, 0.4) is 0 Å². The quantitative estimate of drug-likeness (QED) is 0.785. The van der Waals surface area contributed by atoms with Crippen molar-refractivity contribution in [3.05, 3.63) is 11.9 Å². The Morgan fingerprint density at radius 1 is 1.67 bits per heavy atom. The fourth-order valence-electron chi connectivity index (χ4n) is 1.39. The van der Waals surface area contributed by atoms with Crippen LogP contribution in [-0.2, 0) is 11.3 Å². The van der Waals surface area contributed by atoms with E-state index in [4.69, 9.17) is 5.11 Å². The second-order valence-corrected chi connectivity index (χ2v) is 4.49. The summed E-state index contributed by atoms with van der Waals surface area (Å²) < 4.78 is 2.07. The van der Waals surface area contributed by atoms with E-state index in [1.54, 1.807) is 0 Å². The maximum Gasteiger partial charge on any atom is 0.313 e. The average Bonchev–Trinajstić information content (AvgIpc) is 2.57. The number of thioether (sulfide) groups is 1. The lowest BCUT2D eigenvalue weighted by molar-refractivity contribution is -0.133. The molecule has 0 fully saturated rings. The molecule has 5 heteroatoms. The molecule has 0 saturated carbocycles. The Balaban J connectivity index is 2.84. The highest BCUT2D eigenvalue weighted by Gasteiger charge is 2.12. The van der Waals surface area contributed by atoms with E-state index >= 15 is 0 Å².